The predicted molar refractivity (Wildman–Crippen MR) is 109 cm³/mol. The number of aryl methyl sites for hydroxylation is 2. The third-order valence-corrected chi connectivity index (χ3v) is 5.40. The molecule has 0 fully saturated rings. The number of hydrogen-bond acceptors (Lipinski definition) is 1. The summed E-state index contributed by atoms with van der Waals surface area (Å²) < 4.78 is 2.25. The van der Waals surface area contributed by atoms with Gasteiger partial charge in [-0.3, -0.25) is 0 Å². The summed E-state index contributed by atoms with van der Waals surface area (Å²) in [6, 6.07) is 20.5. The minimum absolute atomic E-state index is 0.0556. The molecule has 2 aromatic carbocycles. The molecule has 3 aromatic rings. The monoisotopic (exact) mass is 359 g/mol. The Labute approximate surface area is 160 Å². The van der Waals surface area contributed by atoms with Gasteiger partial charge < -0.3 is 14.8 Å². The number of nitrogens with zero attached hydrogens (tertiary/aromatic N) is 2. The molecule has 1 N–H and O–H groups in total. The van der Waals surface area contributed by atoms with Crippen LogP contribution >= 0.6 is 0 Å². The second-order valence-corrected chi connectivity index (χ2v) is 7.06. The number of carbonyl (C=O) groups excluding carboxylic acids is 1. The van der Waals surface area contributed by atoms with Crippen LogP contribution in [-0.4, -0.2) is 22.0 Å². The largest absolute Gasteiger partial charge is 0.348 e. The van der Waals surface area contributed by atoms with Crippen LogP contribution in [0.2, 0.25) is 0 Å². The number of nitrogens with one attached hydrogen (secondary N) is 1. The molecule has 0 spiro atoms. The number of carbonyl (C=O) groups is 1. The molecule has 0 bridgehead atoms. The smallest absolute Gasteiger partial charge is 0.322 e. The molecule has 0 saturated heterocycles. The highest BCUT2D eigenvalue weighted by Gasteiger charge is 2.32. The van der Waals surface area contributed by atoms with Gasteiger partial charge in [0.2, 0.25) is 0 Å². The van der Waals surface area contributed by atoms with Gasteiger partial charge in [-0.25, -0.2) is 4.79 Å². The van der Waals surface area contributed by atoms with Gasteiger partial charge in [-0.1, -0.05) is 43.3 Å². The van der Waals surface area contributed by atoms with Crippen molar-refractivity contribution < 1.29 is 4.79 Å². The van der Waals surface area contributed by atoms with Gasteiger partial charge in [-0.15, -0.1) is 0 Å². The highest BCUT2D eigenvalue weighted by Crippen LogP contribution is 2.34. The van der Waals surface area contributed by atoms with Crippen LogP contribution < -0.4 is 5.32 Å². The average molecular weight is 359 g/mol. The number of fused-ring (bicyclic) bond motifs is 1. The van der Waals surface area contributed by atoms with Crippen LogP contribution in [0.1, 0.15) is 35.3 Å². The Morgan fingerprint density at radius 3 is 2.56 bits per heavy atom. The quantitative estimate of drug-likeness (QED) is 0.702. The summed E-state index contributed by atoms with van der Waals surface area (Å²) in [5.41, 5.74) is 5.63. The highest BCUT2D eigenvalue weighted by atomic mass is 16.2. The average Bonchev–Trinajstić information content (AvgIpc) is 3.17. The Balaban J connectivity index is 1.65. The molecule has 0 radical (unpaired) electrons. The molecule has 27 heavy (non-hydrogen) atoms. The summed E-state index contributed by atoms with van der Waals surface area (Å²) in [5.74, 6) is 0. The zero-order valence-electron chi connectivity index (χ0n) is 15.9. The maximum atomic E-state index is 13.2. The first-order valence-electron chi connectivity index (χ1n) is 9.54. The maximum Gasteiger partial charge on any atom is 0.322 e. The Hall–Kier alpha value is -3.01. The van der Waals surface area contributed by atoms with E-state index in [0.29, 0.717) is 6.54 Å². The number of urea groups is 1. The number of aromatic nitrogens is 1. The Kier molecular flexibility index (Phi) is 4.71. The third kappa shape index (κ3) is 3.35. The molecule has 0 saturated carbocycles. The van der Waals surface area contributed by atoms with Crippen molar-refractivity contribution in [3.8, 4) is 0 Å². The summed E-state index contributed by atoms with van der Waals surface area (Å²) in [5, 5.41) is 3.08. The lowest BCUT2D eigenvalue weighted by Gasteiger charge is -2.38. The standard InChI is InChI=1S/C23H25N3O/c1-3-18-10-12-19(13-11-18)24-23(27)26-16-15-25-14-6-9-21(25)22(26)20-8-5-4-7-17(20)2/h4-14,22H,3,15-16H2,1-2H3,(H,24,27). The molecule has 4 heteroatoms. The maximum absolute atomic E-state index is 13.2. The van der Waals surface area contributed by atoms with Crippen molar-refractivity contribution in [1.82, 2.24) is 9.47 Å². The van der Waals surface area contributed by atoms with Crippen LogP contribution in [0.5, 0.6) is 0 Å². The minimum Gasteiger partial charge on any atom is -0.348 e. The highest BCUT2D eigenvalue weighted by molar-refractivity contribution is 5.90. The lowest BCUT2D eigenvalue weighted by atomic mass is 9.96. The summed E-state index contributed by atoms with van der Waals surface area (Å²) in [6.45, 7) is 5.73. The van der Waals surface area contributed by atoms with Gasteiger partial charge >= 0.3 is 6.03 Å². The summed E-state index contributed by atoms with van der Waals surface area (Å²) >= 11 is 0. The van der Waals surface area contributed by atoms with Crippen LogP contribution in [-0.2, 0) is 13.0 Å². The molecular weight excluding hydrogens is 334 g/mol. The number of benzene rings is 2. The zero-order valence-corrected chi connectivity index (χ0v) is 15.9. The summed E-state index contributed by atoms with van der Waals surface area (Å²) in [7, 11) is 0. The van der Waals surface area contributed by atoms with Crippen molar-refractivity contribution in [2.45, 2.75) is 32.9 Å². The van der Waals surface area contributed by atoms with Gasteiger partial charge in [-0.2, -0.15) is 0 Å². The molecule has 138 valence electrons. The number of anilines is 1. The van der Waals surface area contributed by atoms with E-state index in [9.17, 15) is 4.79 Å². The Morgan fingerprint density at radius 2 is 1.81 bits per heavy atom. The Morgan fingerprint density at radius 1 is 1.04 bits per heavy atom. The second kappa shape index (κ2) is 7.31. The van der Waals surface area contributed by atoms with E-state index in [1.165, 1.54) is 16.7 Å². The predicted octanol–water partition coefficient (Wildman–Crippen LogP) is 5.00. The first kappa shape index (κ1) is 17.4. The first-order chi connectivity index (χ1) is 13.2. The van der Waals surface area contributed by atoms with E-state index in [1.807, 2.05) is 29.2 Å². The lowest BCUT2D eigenvalue weighted by Crippen LogP contribution is -2.44. The molecule has 1 aliphatic heterocycles. The molecule has 1 aliphatic rings. The van der Waals surface area contributed by atoms with E-state index in [4.69, 9.17) is 0 Å². The molecule has 2 amide bonds. The van der Waals surface area contributed by atoms with Gasteiger partial charge in [0, 0.05) is 30.7 Å². The third-order valence-electron chi connectivity index (χ3n) is 5.40. The van der Waals surface area contributed by atoms with Gasteiger partial charge in [0.25, 0.3) is 0 Å². The van der Waals surface area contributed by atoms with E-state index < -0.39 is 0 Å². The van der Waals surface area contributed by atoms with Crippen LogP contribution in [0.3, 0.4) is 0 Å². The zero-order chi connectivity index (χ0) is 18.8. The van der Waals surface area contributed by atoms with E-state index in [-0.39, 0.29) is 12.1 Å². The summed E-state index contributed by atoms with van der Waals surface area (Å²) in [6.07, 6.45) is 3.09. The van der Waals surface area contributed by atoms with Crippen LogP contribution in [0, 0.1) is 6.92 Å². The molecule has 2 heterocycles. The van der Waals surface area contributed by atoms with Gasteiger partial charge in [-0.05, 0) is 54.3 Å². The molecular formula is C23H25N3O. The molecule has 0 aliphatic carbocycles. The SMILES string of the molecule is CCc1ccc(NC(=O)N2CCn3cccc3C2c2ccccc2C)cc1. The topological polar surface area (TPSA) is 37.3 Å². The number of amides is 2. The van der Waals surface area contributed by atoms with Gasteiger partial charge in [0.1, 0.15) is 0 Å². The van der Waals surface area contributed by atoms with E-state index in [1.54, 1.807) is 0 Å². The van der Waals surface area contributed by atoms with Crippen LogP contribution in [0.25, 0.3) is 0 Å². The fraction of sp³-hybridized carbons (Fsp3) is 0.261. The van der Waals surface area contributed by atoms with E-state index in [0.717, 1.165) is 24.3 Å². The van der Waals surface area contributed by atoms with E-state index >= 15 is 0 Å². The van der Waals surface area contributed by atoms with Crippen LogP contribution in [0.4, 0.5) is 10.5 Å². The molecule has 4 nitrogen and oxygen atoms in total. The number of rotatable bonds is 3. The fourth-order valence-corrected chi connectivity index (χ4v) is 3.84. The lowest BCUT2D eigenvalue weighted by molar-refractivity contribution is 0.181. The minimum atomic E-state index is -0.0788. The van der Waals surface area contributed by atoms with Crippen molar-refractivity contribution in [1.29, 1.82) is 0 Å². The van der Waals surface area contributed by atoms with E-state index in [2.05, 4.69) is 66.3 Å². The second-order valence-electron chi connectivity index (χ2n) is 7.06. The van der Waals surface area contributed by atoms with Gasteiger partial charge in [0.05, 0.1) is 6.04 Å². The molecule has 1 unspecified atom stereocenters. The number of hydrogen-bond donors (Lipinski definition) is 1. The van der Waals surface area contributed by atoms with Crippen molar-refractivity contribution in [2.24, 2.45) is 0 Å². The molecule has 1 aromatic heterocycles. The molecule has 4 rings (SSSR count). The first-order valence-corrected chi connectivity index (χ1v) is 9.54. The van der Waals surface area contributed by atoms with Crippen molar-refractivity contribution >= 4 is 11.7 Å². The van der Waals surface area contributed by atoms with Crippen molar-refractivity contribution in [3.63, 3.8) is 0 Å². The van der Waals surface area contributed by atoms with Crippen molar-refractivity contribution in [2.75, 3.05) is 11.9 Å². The van der Waals surface area contributed by atoms with Gasteiger partial charge in [0.15, 0.2) is 0 Å². The van der Waals surface area contributed by atoms with Crippen molar-refractivity contribution in [3.05, 3.63) is 89.2 Å². The fourth-order valence-electron chi connectivity index (χ4n) is 3.84. The summed E-state index contributed by atoms with van der Waals surface area (Å²) in [4.78, 5) is 15.1. The normalized spacial score (nSPS) is 16.1. The molecule has 1 atom stereocenters. The Bertz CT molecular complexity index is 942. The van der Waals surface area contributed by atoms with Crippen LogP contribution in [0.15, 0.2) is 66.9 Å².